The zero-order valence-corrected chi connectivity index (χ0v) is 15.3. The third-order valence-corrected chi connectivity index (χ3v) is 4.76. The number of nitrogens with one attached hydrogen (secondary N) is 1. The molecule has 0 saturated carbocycles. The van der Waals surface area contributed by atoms with Crippen LogP contribution in [0.5, 0.6) is 5.75 Å². The number of hydrogen-bond donors (Lipinski definition) is 1. The molecular weight excluding hydrogens is 352 g/mol. The third kappa shape index (κ3) is 4.35. The number of ether oxygens (including phenoxy) is 1. The van der Waals surface area contributed by atoms with Gasteiger partial charge in [-0.25, -0.2) is 0 Å². The fourth-order valence-corrected chi connectivity index (χ4v) is 3.22. The highest BCUT2D eigenvalue weighted by Crippen LogP contribution is 2.22. The second-order valence-corrected chi connectivity index (χ2v) is 6.75. The second-order valence-electron chi connectivity index (χ2n) is 6.32. The predicted octanol–water partition coefficient (Wildman–Crippen LogP) is 3.84. The molecule has 2 amide bonds. The molecule has 6 heteroatoms. The summed E-state index contributed by atoms with van der Waals surface area (Å²) in [6.07, 6.45) is 1.57. The molecule has 0 spiro atoms. The van der Waals surface area contributed by atoms with Gasteiger partial charge in [-0.15, -0.1) is 0 Å². The van der Waals surface area contributed by atoms with Crippen LogP contribution in [-0.2, 0) is 4.79 Å². The van der Waals surface area contributed by atoms with Crippen LogP contribution in [0.15, 0.2) is 48.5 Å². The Morgan fingerprint density at radius 3 is 2.69 bits per heavy atom. The molecule has 1 atom stereocenters. The van der Waals surface area contributed by atoms with Crippen molar-refractivity contribution in [2.24, 2.45) is 5.92 Å². The molecule has 5 nitrogen and oxygen atoms in total. The molecule has 1 N–H and O–H groups in total. The normalized spacial score (nSPS) is 16.8. The number of likely N-dealkylation sites (tertiary alicyclic amines) is 1. The van der Waals surface area contributed by atoms with Gasteiger partial charge in [0.1, 0.15) is 5.75 Å². The SMILES string of the molecule is COc1cccc(C(=O)N2CCCC(C(=O)Nc3ccc(Cl)cc3)C2)c1. The van der Waals surface area contributed by atoms with Gasteiger partial charge in [-0.2, -0.15) is 0 Å². The van der Waals surface area contributed by atoms with Crippen molar-refractivity contribution < 1.29 is 14.3 Å². The number of anilines is 1. The molecule has 0 radical (unpaired) electrons. The largest absolute Gasteiger partial charge is 0.497 e. The lowest BCUT2D eigenvalue weighted by atomic mass is 9.96. The van der Waals surface area contributed by atoms with Crippen LogP contribution in [0.4, 0.5) is 5.69 Å². The number of rotatable bonds is 4. The fourth-order valence-electron chi connectivity index (χ4n) is 3.09. The number of halogens is 1. The summed E-state index contributed by atoms with van der Waals surface area (Å²) in [5.41, 5.74) is 1.28. The summed E-state index contributed by atoms with van der Waals surface area (Å²) < 4.78 is 5.18. The van der Waals surface area contributed by atoms with Crippen LogP contribution in [0.25, 0.3) is 0 Å². The molecule has 2 aromatic rings. The number of nitrogens with zero attached hydrogens (tertiary/aromatic N) is 1. The Hall–Kier alpha value is -2.53. The van der Waals surface area contributed by atoms with E-state index < -0.39 is 0 Å². The van der Waals surface area contributed by atoms with Crippen molar-refractivity contribution in [2.45, 2.75) is 12.8 Å². The first kappa shape index (κ1) is 18.3. The lowest BCUT2D eigenvalue weighted by Crippen LogP contribution is -2.43. The molecule has 1 heterocycles. The van der Waals surface area contributed by atoms with Crippen molar-refractivity contribution in [3.05, 3.63) is 59.1 Å². The van der Waals surface area contributed by atoms with E-state index in [2.05, 4.69) is 5.32 Å². The topological polar surface area (TPSA) is 58.6 Å². The number of benzene rings is 2. The van der Waals surface area contributed by atoms with Gasteiger partial charge in [-0.3, -0.25) is 9.59 Å². The summed E-state index contributed by atoms with van der Waals surface area (Å²) in [5, 5.41) is 3.52. The average molecular weight is 373 g/mol. The van der Waals surface area contributed by atoms with Crippen LogP contribution in [0.3, 0.4) is 0 Å². The number of carbonyl (C=O) groups excluding carboxylic acids is 2. The Morgan fingerprint density at radius 2 is 1.96 bits per heavy atom. The molecular formula is C20H21ClN2O3. The molecule has 1 fully saturated rings. The van der Waals surface area contributed by atoms with E-state index in [4.69, 9.17) is 16.3 Å². The maximum Gasteiger partial charge on any atom is 0.254 e. The van der Waals surface area contributed by atoms with E-state index >= 15 is 0 Å². The first-order valence-electron chi connectivity index (χ1n) is 8.56. The van der Waals surface area contributed by atoms with Crippen molar-refractivity contribution in [2.75, 3.05) is 25.5 Å². The Kier molecular flexibility index (Phi) is 5.78. The summed E-state index contributed by atoms with van der Waals surface area (Å²) in [5.74, 6) is 0.266. The zero-order valence-electron chi connectivity index (χ0n) is 14.6. The second kappa shape index (κ2) is 8.23. The zero-order chi connectivity index (χ0) is 18.5. The van der Waals surface area contributed by atoms with Crippen LogP contribution in [0.1, 0.15) is 23.2 Å². The van der Waals surface area contributed by atoms with Gasteiger partial charge >= 0.3 is 0 Å². The maximum absolute atomic E-state index is 12.8. The molecule has 1 saturated heterocycles. The Morgan fingerprint density at radius 1 is 1.19 bits per heavy atom. The lowest BCUT2D eigenvalue weighted by molar-refractivity contribution is -0.121. The summed E-state index contributed by atoms with van der Waals surface area (Å²) in [6, 6.07) is 14.1. The number of carbonyl (C=O) groups is 2. The molecule has 3 rings (SSSR count). The summed E-state index contributed by atoms with van der Waals surface area (Å²) >= 11 is 5.86. The Labute approximate surface area is 157 Å². The minimum absolute atomic E-state index is 0.0736. The van der Waals surface area contributed by atoms with E-state index in [0.717, 1.165) is 12.8 Å². The summed E-state index contributed by atoms with van der Waals surface area (Å²) in [6.45, 7) is 1.07. The van der Waals surface area contributed by atoms with Gasteiger partial charge in [-0.1, -0.05) is 17.7 Å². The molecule has 136 valence electrons. The van der Waals surface area contributed by atoms with E-state index in [9.17, 15) is 9.59 Å². The molecule has 0 aliphatic carbocycles. The smallest absolute Gasteiger partial charge is 0.254 e. The van der Waals surface area contributed by atoms with Crippen LogP contribution >= 0.6 is 11.6 Å². The van der Waals surface area contributed by atoms with Crippen molar-refractivity contribution in [3.63, 3.8) is 0 Å². The maximum atomic E-state index is 12.8. The molecule has 1 aliphatic rings. The summed E-state index contributed by atoms with van der Waals surface area (Å²) in [4.78, 5) is 27.1. The highest BCUT2D eigenvalue weighted by Gasteiger charge is 2.29. The monoisotopic (exact) mass is 372 g/mol. The standard InChI is InChI=1S/C20H21ClN2O3/c1-26-18-6-2-4-14(12-18)20(25)23-11-3-5-15(13-23)19(24)22-17-9-7-16(21)8-10-17/h2,4,6-10,12,15H,3,5,11,13H2,1H3,(H,22,24). The van der Waals surface area contributed by atoms with E-state index in [-0.39, 0.29) is 17.7 Å². The first-order chi connectivity index (χ1) is 12.6. The van der Waals surface area contributed by atoms with E-state index in [1.807, 2.05) is 0 Å². The van der Waals surface area contributed by atoms with Crippen LogP contribution < -0.4 is 10.1 Å². The van der Waals surface area contributed by atoms with Crippen molar-refractivity contribution in [1.29, 1.82) is 0 Å². The molecule has 0 aromatic heterocycles. The van der Waals surface area contributed by atoms with Crippen LogP contribution in [0.2, 0.25) is 5.02 Å². The predicted molar refractivity (Wildman–Crippen MR) is 102 cm³/mol. The molecule has 26 heavy (non-hydrogen) atoms. The van der Waals surface area contributed by atoms with E-state index in [0.29, 0.717) is 35.1 Å². The quantitative estimate of drug-likeness (QED) is 0.887. The minimum atomic E-state index is -0.228. The van der Waals surface area contributed by atoms with Crippen molar-refractivity contribution >= 4 is 29.1 Å². The fraction of sp³-hybridized carbons (Fsp3) is 0.300. The highest BCUT2D eigenvalue weighted by atomic mass is 35.5. The van der Waals surface area contributed by atoms with Gasteiger partial charge in [0.15, 0.2) is 0 Å². The minimum Gasteiger partial charge on any atom is -0.497 e. The van der Waals surface area contributed by atoms with Gasteiger partial charge in [0.05, 0.1) is 13.0 Å². The number of amides is 2. The third-order valence-electron chi connectivity index (χ3n) is 4.51. The Bertz CT molecular complexity index is 792. The van der Waals surface area contributed by atoms with Crippen molar-refractivity contribution in [1.82, 2.24) is 4.90 Å². The van der Waals surface area contributed by atoms with E-state index in [1.165, 1.54) is 0 Å². The highest BCUT2D eigenvalue weighted by molar-refractivity contribution is 6.30. The average Bonchev–Trinajstić information content (AvgIpc) is 2.69. The molecule has 2 aromatic carbocycles. The molecule has 0 bridgehead atoms. The van der Waals surface area contributed by atoms with Gasteiger partial charge < -0.3 is 15.0 Å². The Balaban J connectivity index is 1.65. The first-order valence-corrected chi connectivity index (χ1v) is 8.94. The molecule has 1 aliphatic heterocycles. The summed E-state index contributed by atoms with van der Waals surface area (Å²) in [7, 11) is 1.57. The molecule has 1 unspecified atom stereocenters. The van der Waals surface area contributed by atoms with Gasteiger partial charge in [-0.05, 0) is 55.3 Å². The van der Waals surface area contributed by atoms with E-state index in [1.54, 1.807) is 60.5 Å². The number of methoxy groups -OCH3 is 1. The van der Waals surface area contributed by atoms with Gasteiger partial charge in [0.25, 0.3) is 5.91 Å². The van der Waals surface area contributed by atoms with Crippen LogP contribution in [-0.4, -0.2) is 36.9 Å². The van der Waals surface area contributed by atoms with Crippen LogP contribution in [0, 0.1) is 5.92 Å². The number of hydrogen-bond acceptors (Lipinski definition) is 3. The number of piperidine rings is 1. The van der Waals surface area contributed by atoms with Crippen molar-refractivity contribution in [3.8, 4) is 5.75 Å². The van der Waals surface area contributed by atoms with Gasteiger partial charge in [0.2, 0.25) is 5.91 Å². The lowest BCUT2D eigenvalue weighted by Gasteiger charge is -2.32. The van der Waals surface area contributed by atoms with Gasteiger partial charge in [0, 0.05) is 29.4 Å².